The number of benzene rings is 1. The number of nitrogens with one attached hydrogen (secondary N) is 1. The Labute approximate surface area is 165 Å². The van der Waals surface area contributed by atoms with Gasteiger partial charge in [-0.1, -0.05) is 18.7 Å². The van der Waals surface area contributed by atoms with Gasteiger partial charge in [-0.3, -0.25) is 9.36 Å². The average Bonchev–Trinajstić information content (AvgIpc) is 3.28. The Kier molecular flexibility index (Phi) is 5.97. The van der Waals surface area contributed by atoms with E-state index in [1.54, 1.807) is 18.6 Å². The van der Waals surface area contributed by atoms with Gasteiger partial charge in [-0.2, -0.15) is 0 Å². The number of rotatable bonds is 7. The summed E-state index contributed by atoms with van der Waals surface area (Å²) in [4.78, 5) is 17.1. The van der Waals surface area contributed by atoms with E-state index >= 15 is 0 Å². The van der Waals surface area contributed by atoms with Crippen LogP contribution in [0.2, 0.25) is 0 Å². The minimum absolute atomic E-state index is 0.215. The lowest BCUT2D eigenvalue weighted by molar-refractivity contribution is -0.118. The van der Waals surface area contributed by atoms with Crippen LogP contribution < -0.4 is 15.8 Å². The third-order valence-electron chi connectivity index (χ3n) is 3.85. The molecule has 0 spiro atoms. The second-order valence-corrected chi connectivity index (χ2v) is 7.66. The number of amides is 1. The maximum atomic E-state index is 12.6. The Morgan fingerprint density at radius 3 is 2.78 bits per heavy atom. The van der Waals surface area contributed by atoms with E-state index in [-0.39, 0.29) is 11.9 Å². The topological polar surface area (TPSA) is 108 Å². The average molecular weight is 405 g/mol. The molecular formula is C17H20N6O2S2. The van der Waals surface area contributed by atoms with E-state index in [0.29, 0.717) is 10.3 Å². The summed E-state index contributed by atoms with van der Waals surface area (Å²) in [6, 6.07) is 7.04. The van der Waals surface area contributed by atoms with Gasteiger partial charge < -0.3 is 15.8 Å². The molecule has 8 nitrogen and oxygen atoms in total. The highest BCUT2D eigenvalue weighted by atomic mass is 32.2. The van der Waals surface area contributed by atoms with Gasteiger partial charge in [0, 0.05) is 10.9 Å². The third-order valence-corrected chi connectivity index (χ3v) is 5.43. The Bertz CT molecular complexity index is 922. The number of nitrogens with zero attached hydrogens (tertiary/aromatic N) is 4. The van der Waals surface area contributed by atoms with Gasteiger partial charge in [-0.05, 0) is 36.9 Å². The van der Waals surface area contributed by atoms with E-state index in [4.69, 9.17) is 10.5 Å². The van der Waals surface area contributed by atoms with Crippen molar-refractivity contribution in [1.29, 1.82) is 0 Å². The van der Waals surface area contributed by atoms with E-state index in [1.165, 1.54) is 23.1 Å². The number of ether oxygens (including phenoxy) is 1. The fraction of sp³-hybridized carbons (Fsp3) is 0.294. The van der Waals surface area contributed by atoms with Crippen LogP contribution in [-0.2, 0) is 4.79 Å². The van der Waals surface area contributed by atoms with Crippen molar-refractivity contribution in [1.82, 2.24) is 19.7 Å². The predicted molar refractivity (Wildman–Crippen MR) is 108 cm³/mol. The summed E-state index contributed by atoms with van der Waals surface area (Å²) in [6.45, 7) is 3.76. The van der Waals surface area contributed by atoms with Crippen LogP contribution in [0.3, 0.4) is 0 Å². The number of hydrogen-bond acceptors (Lipinski definition) is 8. The van der Waals surface area contributed by atoms with Crippen molar-refractivity contribution < 1.29 is 9.53 Å². The number of methoxy groups -OCH3 is 1. The number of carbonyl (C=O) groups excluding carboxylic acids is 1. The van der Waals surface area contributed by atoms with Crippen LogP contribution >= 0.6 is 23.1 Å². The first kappa shape index (κ1) is 19.2. The Hall–Kier alpha value is -2.59. The summed E-state index contributed by atoms with van der Waals surface area (Å²) >= 11 is 2.85. The van der Waals surface area contributed by atoms with Gasteiger partial charge in [0.1, 0.15) is 11.8 Å². The molecule has 10 heteroatoms. The molecule has 1 aromatic carbocycles. The summed E-state index contributed by atoms with van der Waals surface area (Å²) in [5.41, 5.74) is 7.62. The zero-order chi connectivity index (χ0) is 19.4. The number of carbonyl (C=O) groups is 1. The molecule has 1 amide bonds. The Morgan fingerprint density at radius 1 is 1.37 bits per heavy atom. The van der Waals surface area contributed by atoms with Crippen molar-refractivity contribution in [3.8, 4) is 17.0 Å². The maximum Gasteiger partial charge on any atom is 0.249 e. The summed E-state index contributed by atoms with van der Waals surface area (Å²) in [7, 11) is 1.62. The van der Waals surface area contributed by atoms with Gasteiger partial charge in [-0.15, -0.1) is 21.5 Å². The largest absolute Gasteiger partial charge is 0.497 e. The third kappa shape index (κ3) is 4.22. The fourth-order valence-corrected chi connectivity index (χ4v) is 3.90. The van der Waals surface area contributed by atoms with Gasteiger partial charge in [-0.25, -0.2) is 4.98 Å². The molecule has 0 bridgehead atoms. The van der Waals surface area contributed by atoms with E-state index < -0.39 is 6.04 Å². The number of aromatic nitrogens is 4. The van der Waals surface area contributed by atoms with Crippen molar-refractivity contribution in [2.75, 3.05) is 23.9 Å². The summed E-state index contributed by atoms with van der Waals surface area (Å²) in [6.07, 6.45) is 0. The molecule has 0 aliphatic heterocycles. The number of anilines is 2. The lowest BCUT2D eigenvalue weighted by Crippen LogP contribution is -2.25. The lowest BCUT2D eigenvalue weighted by Gasteiger charge is -2.15. The fourth-order valence-electron chi connectivity index (χ4n) is 2.43. The van der Waals surface area contributed by atoms with E-state index in [9.17, 15) is 4.79 Å². The van der Waals surface area contributed by atoms with Crippen LogP contribution in [0.1, 0.15) is 19.9 Å². The van der Waals surface area contributed by atoms with Crippen LogP contribution in [0.15, 0.2) is 34.8 Å². The first-order valence-electron chi connectivity index (χ1n) is 8.27. The molecular weight excluding hydrogens is 384 g/mol. The normalized spacial score (nSPS) is 12.0. The summed E-state index contributed by atoms with van der Waals surface area (Å²) < 4.78 is 6.79. The summed E-state index contributed by atoms with van der Waals surface area (Å²) in [5.74, 6) is 1.58. The zero-order valence-corrected chi connectivity index (χ0v) is 16.8. The van der Waals surface area contributed by atoms with Gasteiger partial charge in [0.2, 0.25) is 11.9 Å². The molecule has 0 aliphatic carbocycles. The van der Waals surface area contributed by atoms with Crippen LogP contribution in [0, 0.1) is 0 Å². The highest BCUT2D eigenvalue weighted by Crippen LogP contribution is 2.28. The first-order chi connectivity index (χ1) is 13.0. The molecule has 3 aromatic rings. The van der Waals surface area contributed by atoms with Crippen LogP contribution in [-0.4, -0.2) is 38.5 Å². The number of hydrogen-bond donors (Lipinski definition) is 2. The molecule has 1 unspecified atom stereocenters. The predicted octanol–water partition coefficient (Wildman–Crippen LogP) is 3.30. The standard InChI is InChI=1S/C17H20N6O2S2/c1-4-26-17-22-21-15(18)23(17)10(2)14(24)20-16-19-13(9-27-16)11-5-7-12(25-3)8-6-11/h5-10H,4H2,1-3H3,(H2,18,21)(H,19,20,24). The molecule has 2 heterocycles. The van der Waals surface area contributed by atoms with Crippen LogP contribution in [0.5, 0.6) is 5.75 Å². The number of thioether (sulfide) groups is 1. The molecule has 3 N–H and O–H groups in total. The number of nitrogen functional groups attached to an aromatic ring is 1. The van der Waals surface area contributed by atoms with Gasteiger partial charge in [0.15, 0.2) is 10.3 Å². The van der Waals surface area contributed by atoms with E-state index in [0.717, 1.165) is 22.8 Å². The van der Waals surface area contributed by atoms with Crippen molar-refractivity contribution in [2.24, 2.45) is 0 Å². The molecule has 27 heavy (non-hydrogen) atoms. The molecule has 1 atom stereocenters. The second-order valence-electron chi connectivity index (χ2n) is 5.58. The molecule has 2 aromatic heterocycles. The second kappa shape index (κ2) is 8.40. The Balaban J connectivity index is 1.73. The van der Waals surface area contributed by atoms with E-state index in [2.05, 4.69) is 20.5 Å². The number of nitrogens with two attached hydrogens (primary N) is 1. The smallest absolute Gasteiger partial charge is 0.249 e. The van der Waals surface area contributed by atoms with Crippen molar-refractivity contribution in [3.63, 3.8) is 0 Å². The molecule has 0 saturated carbocycles. The van der Waals surface area contributed by atoms with E-state index in [1.807, 2.05) is 36.6 Å². The van der Waals surface area contributed by atoms with Crippen molar-refractivity contribution in [3.05, 3.63) is 29.6 Å². The molecule has 0 radical (unpaired) electrons. The minimum Gasteiger partial charge on any atom is -0.497 e. The SMILES string of the molecule is CCSc1nnc(N)n1C(C)C(=O)Nc1nc(-c2ccc(OC)cc2)cs1. The van der Waals surface area contributed by atoms with Crippen LogP contribution in [0.25, 0.3) is 11.3 Å². The highest BCUT2D eigenvalue weighted by Gasteiger charge is 2.22. The minimum atomic E-state index is -0.553. The summed E-state index contributed by atoms with van der Waals surface area (Å²) in [5, 5.41) is 13.8. The Morgan fingerprint density at radius 2 is 2.11 bits per heavy atom. The van der Waals surface area contributed by atoms with Crippen molar-refractivity contribution >= 4 is 40.1 Å². The van der Waals surface area contributed by atoms with Gasteiger partial charge in [0.05, 0.1) is 12.8 Å². The lowest BCUT2D eigenvalue weighted by atomic mass is 10.2. The van der Waals surface area contributed by atoms with Gasteiger partial charge >= 0.3 is 0 Å². The number of thiazole rings is 1. The zero-order valence-electron chi connectivity index (χ0n) is 15.2. The maximum absolute atomic E-state index is 12.6. The molecule has 0 saturated heterocycles. The molecule has 3 rings (SSSR count). The first-order valence-corrected chi connectivity index (χ1v) is 10.1. The van der Waals surface area contributed by atoms with Gasteiger partial charge in [0.25, 0.3) is 0 Å². The quantitative estimate of drug-likeness (QED) is 0.582. The molecule has 142 valence electrons. The highest BCUT2D eigenvalue weighted by molar-refractivity contribution is 7.99. The van der Waals surface area contributed by atoms with Crippen LogP contribution in [0.4, 0.5) is 11.1 Å². The van der Waals surface area contributed by atoms with Crippen molar-refractivity contribution in [2.45, 2.75) is 25.0 Å². The molecule has 0 aliphatic rings. The monoisotopic (exact) mass is 404 g/mol. The molecule has 0 fully saturated rings.